The first-order chi connectivity index (χ1) is 12.2. The Bertz CT molecular complexity index is 904. The van der Waals surface area contributed by atoms with E-state index in [1.807, 2.05) is 12.1 Å². The molecule has 126 valence electrons. The molecule has 0 saturated carbocycles. The van der Waals surface area contributed by atoms with Gasteiger partial charge in [0.2, 0.25) is 0 Å². The second-order valence-corrected chi connectivity index (χ2v) is 5.71. The third-order valence-electron chi connectivity index (χ3n) is 3.85. The van der Waals surface area contributed by atoms with Crippen LogP contribution in [0.1, 0.15) is 39.6 Å². The molecule has 0 bridgehead atoms. The third-order valence-corrected chi connectivity index (χ3v) is 3.85. The Labute approximate surface area is 145 Å². The Balaban J connectivity index is 1.63. The van der Waals surface area contributed by atoms with Gasteiger partial charge in [0.05, 0.1) is 16.6 Å². The van der Waals surface area contributed by atoms with Crippen LogP contribution in [0.2, 0.25) is 0 Å². The van der Waals surface area contributed by atoms with Crippen LogP contribution >= 0.6 is 0 Å². The van der Waals surface area contributed by atoms with Crippen LogP contribution in [-0.2, 0) is 11.2 Å². The molecule has 3 aromatic rings. The molecule has 0 amide bonds. The number of benzene rings is 2. The van der Waals surface area contributed by atoms with Gasteiger partial charge in [0.1, 0.15) is 0 Å². The average Bonchev–Trinajstić information content (AvgIpc) is 2.66. The molecule has 2 aromatic carbocycles. The summed E-state index contributed by atoms with van der Waals surface area (Å²) in [6, 6.07) is 12.3. The van der Waals surface area contributed by atoms with E-state index in [1.165, 1.54) is 5.56 Å². The minimum absolute atomic E-state index is 0.225. The molecule has 0 fully saturated rings. The summed E-state index contributed by atoms with van der Waals surface area (Å²) in [5.74, 6) is -0.777. The van der Waals surface area contributed by atoms with Crippen molar-refractivity contribution in [1.29, 1.82) is 0 Å². The van der Waals surface area contributed by atoms with Crippen LogP contribution in [0, 0.1) is 0 Å². The molecule has 0 N–H and O–H groups in total. The Hall–Kier alpha value is -3.08. The average molecular weight is 334 g/mol. The first-order valence-corrected chi connectivity index (χ1v) is 8.17. The Morgan fingerprint density at radius 2 is 1.60 bits per heavy atom. The van der Waals surface area contributed by atoms with E-state index in [0.29, 0.717) is 22.2 Å². The smallest absolute Gasteiger partial charge is 0.338 e. The molecule has 1 aromatic heterocycles. The van der Waals surface area contributed by atoms with Gasteiger partial charge in [0, 0.05) is 18.0 Å². The van der Waals surface area contributed by atoms with Crippen molar-refractivity contribution in [2.75, 3.05) is 6.61 Å². The number of carbonyl (C=O) groups is 2. The van der Waals surface area contributed by atoms with Crippen LogP contribution in [0.5, 0.6) is 0 Å². The SMILES string of the molecule is CCCc1ccc(C(=O)COC(=O)c2ccc3nccnc3c2)cc1. The molecule has 5 heteroatoms. The minimum Gasteiger partial charge on any atom is -0.454 e. The van der Waals surface area contributed by atoms with E-state index in [9.17, 15) is 9.59 Å². The van der Waals surface area contributed by atoms with Gasteiger partial charge < -0.3 is 4.74 Å². The fourth-order valence-electron chi connectivity index (χ4n) is 2.53. The van der Waals surface area contributed by atoms with Gasteiger partial charge in [-0.3, -0.25) is 14.8 Å². The second kappa shape index (κ2) is 7.66. The quantitative estimate of drug-likeness (QED) is 0.509. The number of aryl methyl sites for hydroxylation is 1. The maximum Gasteiger partial charge on any atom is 0.338 e. The van der Waals surface area contributed by atoms with Gasteiger partial charge in [-0.05, 0) is 30.2 Å². The molecule has 0 aliphatic carbocycles. The predicted octanol–water partition coefficient (Wildman–Crippen LogP) is 3.62. The van der Waals surface area contributed by atoms with Crippen molar-refractivity contribution in [3.05, 3.63) is 71.5 Å². The lowest BCUT2D eigenvalue weighted by Gasteiger charge is -2.06. The van der Waals surface area contributed by atoms with Gasteiger partial charge in [-0.15, -0.1) is 0 Å². The van der Waals surface area contributed by atoms with Crippen molar-refractivity contribution >= 4 is 22.8 Å². The summed E-state index contributed by atoms with van der Waals surface area (Å²) in [7, 11) is 0. The van der Waals surface area contributed by atoms with Crippen LogP contribution in [0.4, 0.5) is 0 Å². The third kappa shape index (κ3) is 4.07. The Morgan fingerprint density at radius 1 is 0.920 bits per heavy atom. The van der Waals surface area contributed by atoms with Crippen molar-refractivity contribution in [3.63, 3.8) is 0 Å². The molecular formula is C20H18N2O3. The minimum atomic E-state index is -0.552. The van der Waals surface area contributed by atoms with Gasteiger partial charge in [0.25, 0.3) is 0 Å². The molecule has 1 heterocycles. The molecule has 0 radical (unpaired) electrons. The highest BCUT2D eigenvalue weighted by Crippen LogP contribution is 2.12. The van der Waals surface area contributed by atoms with Crippen LogP contribution in [0.25, 0.3) is 11.0 Å². The van der Waals surface area contributed by atoms with Crippen molar-refractivity contribution in [1.82, 2.24) is 9.97 Å². The van der Waals surface area contributed by atoms with Crippen LogP contribution in [0.3, 0.4) is 0 Å². The molecule has 0 unspecified atom stereocenters. The molecule has 0 aliphatic rings. The molecule has 3 rings (SSSR count). The summed E-state index contributed by atoms with van der Waals surface area (Å²) >= 11 is 0. The predicted molar refractivity (Wildman–Crippen MR) is 94.6 cm³/mol. The van der Waals surface area contributed by atoms with Gasteiger partial charge >= 0.3 is 5.97 Å². The number of Topliss-reactive ketones (excluding diaryl/α,β-unsaturated/α-hetero) is 1. The normalized spacial score (nSPS) is 10.6. The lowest BCUT2D eigenvalue weighted by molar-refractivity contribution is 0.0475. The number of hydrogen-bond acceptors (Lipinski definition) is 5. The molecule has 0 saturated heterocycles. The van der Waals surface area contributed by atoms with Crippen LogP contribution in [0.15, 0.2) is 54.9 Å². The first kappa shape index (κ1) is 16.8. The number of fused-ring (bicyclic) bond motifs is 1. The summed E-state index contributed by atoms with van der Waals surface area (Å²) in [6.07, 6.45) is 5.18. The number of hydrogen-bond donors (Lipinski definition) is 0. The molecule has 5 nitrogen and oxygen atoms in total. The Kier molecular flexibility index (Phi) is 5.14. The topological polar surface area (TPSA) is 69.2 Å². The first-order valence-electron chi connectivity index (χ1n) is 8.17. The van der Waals surface area contributed by atoms with Gasteiger partial charge in [-0.2, -0.15) is 0 Å². The monoisotopic (exact) mass is 334 g/mol. The number of rotatable bonds is 6. The molecule has 0 aliphatic heterocycles. The molecule has 0 atom stereocenters. The summed E-state index contributed by atoms with van der Waals surface area (Å²) in [5, 5.41) is 0. The number of aromatic nitrogens is 2. The number of ether oxygens (including phenoxy) is 1. The van der Waals surface area contributed by atoms with E-state index in [2.05, 4.69) is 16.9 Å². The zero-order valence-electron chi connectivity index (χ0n) is 13.9. The van der Waals surface area contributed by atoms with E-state index in [0.717, 1.165) is 12.8 Å². The summed E-state index contributed by atoms with van der Waals surface area (Å²) in [4.78, 5) is 32.6. The molecule has 0 spiro atoms. The maximum absolute atomic E-state index is 12.2. The van der Waals surface area contributed by atoms with Crippen molar-refractivity contribution in [2.45, 2.75) is 19.8 Å². The summed E-state index contributed by atoms with van der Waals surface area (Å²) < 4.78 is 5.13. The number of carbonyl (C=O) groups excluding carboxylic acids is 2. The number of esters is 1. The highest BCUT2D eigenvalue weighted by molar-refractivity contribution is 6.00. The van der Waals surface area contributed by atoms with Crippen LogP contribution < -0.4 is 0 Å². The largest absolute Gasteiger partial charge is 0.454 e. The van der Waals surface area contributed by atoms with Crippen molar-refractivity contribution in [3.8, 4) is 0 Å². The van der Waals surface area contributed by atoms with Gasteiger partial charge in [0.15, 0.2) is 12.4 Å². The fourth-order valence-corrected chi connectivity index (χ4v) is 2.53. The molecular weight excluding hydrogens is 316 g/mol. The van der Waals surface area contributed by atoms with E-state index >= 15 is 0 Å². The van der Waals surface area contributed by atoms with Crippen molar-refractivity contribution < 1.29 is 14.3 Å². The number of ketones is 1. The van der Waals surface area contributed by atoms with E-state index in [1.54, 1.807) is 42.7 Å². The van der Waals surface area contributed by atoms with Crippen molar-refractivity contribution in [2.24, 2.45) is 0 Å². The summed E-state index contributed by atoms with van der Waals surface area (Å²) in [6.45, 7) is 1.82. The lowest BCUT2D eigenvalue weighted by atomic mass is 10.1. The highest BCUT2D eigenvalue weighted by atomic mass is 16.5. The second-order valence-electron chi connectivity index (χ2n) is 5.71. The standard InChI is InChI=1S/C20H18N2O3/c1-2-3-14-4-6-15(7-5-14)19(23)13-25-20(24)16-8-9-17-18(12-16)22-11-10-21-17/h4-12H,2-3,13H2,1H3. The van der Waals surface area contributed by atoms with E-state index in [4.69, 9.17) is 4.74 Å². The fraction of sp³-hybridized carbons (Fsp3) is 0.200. The highest BCUT2D eigenvalue weighted by Gasteiger charge is 2.13. The van der Waals surface area contributed by atoms with Crippen LogP contribution in [-0.4, -0.2) is 28.3 Å². The zero-order valence-corrected chi connectivity index (χ0v) is 13.9. The van der Waals surface area contributed by atoms with E-state index in [-0.39, 0.29) is 12.4 Å². The zero-order chi connectivity index (χ0) is 17.6. The maximum atomic E-state index is 12.2. The molecule has 25 heavy (non-hydrogen) atoms. The summed E-state index contributed by atoms with van der Waals surface area (Å²) in [5.41, 5.74) is 3.38. The Morgan fingerprint density at radius 3 is 2.32 bits per heavy atom. The van der Waals surface area contributed by atoms with Gasteiger partial charge in [-0.25, -0.2) is 4.79 Å². The van der Waals surface area contributed by atoms with Gasteiger partial charge in [-0.1, -0.05) is 37.6 Å². The van der Waals surface area contributed by atoms with E-state index < -0.39 is 5.97 Å². The lowest BCUT2D eigenvalue weighted by Crippen LogP contribution is -2.14. The number of nitrogens with zero attached hydrogens (tertiary/aromatic N) is 2.